The number of aliphatic carboxylic acids is 1. The fourth-order valence-corrected chi connectivity index (χ4v) is 6.70. The SMILES string of the molecule is COc1ccc(-c2nn([C@H]3C[C@H]4C(=O)N[C@@]5(C(=O)O)C[C@H]5C=CCCCCC[C@@H](NC(=O)OC(C)(C)C)C(=O)N4C3)nc2-c2cn[nH]c2)cc1. The number of carbonyl (C=O) groups is 4. The van der Waals surface area contributed by atoms with E-state index in [0.717, 1.165) is 24.8 Å². The number of amides is 3. The zero-order valence-electron chi connectivity index (χ0n) is 28.7. The molecule has 4 N–H and O–H groups in total. The number of alkyl carbamates (subject to hydrolysis) is 1. The normalized spacial score (nSPS) is 25.8. The van der Waals surface area contributed by atoms with E-state index in [2.05, 4.69) is 20.8 Å². The van der Waals surface area contributed by atoms with Crippen molar-refractivity contribution in [3.05, 3.63) is 48.8 Å². The number of ether oxygens (including phenoxy) is 2. The van der Waals surface area contributed by atoms with Crippen molar-refractivity contribution in [3.8, 4) is 28.3 Å². The van der Waals surface area contributed by atoms with Crippen LogP contribution in [0.5, 0.6) is 5.75 Å². The molecule has 15 nitrogen and oxygen atoms in total. The number of carbonyl (C=O) groups excluding carboxylic acids is 3. The Morgan fingerprint density at radius 1 is 1.06 bits per heavy atom. The molecule has 0 bridgehead atoms. The number of hydrogen-bond acceptors (Lipinski definition) is 9. The minimum absolute atomic E-state index is 0.0500. The van der Waals surface area contributed by atoms with Gasteiger partial charge < -0.3 is 30.1 Å². The molecule has 5 atom stereocenters. The topological polar surface area (TPSA) is 194 Å². The highest BCUT2D eigenvalue weighted by Gasteiger charge is 2.61. The summed E-state index contributed by atoms with van der Waals surface area (Å²) in [7, 11) is 1.59. The first kappa shape index (κ1) is 34.6. The number of carboxylic acid groups (broad SMARTS) is 1. The second-order valence-corrected chi connectivity index (χ2v) is 14.2. The Morgan fingerprint density at radius 3 is 2.46 bits per heavy atom. The minimum Gasteiger partial charge on any atom is -0.497 e. The van der Waals surface area contributed by atoms with Gasteiger partial charge in [0.1, 0.15) is 40.4 Å². The van der Waals surface area contributed by atoms with Crippen molar-refractivity contribution in [1.82, 2.24) is 40.7 Å². The number of aromatic nitrogens is 5. The third kappa shape index (κ3) is 7.36. The first-order valence-corrected chi connectivity index (χ1v) is 17.0. The number of benzene rings is 1. The summed E-state index contributed by atoms with van der Waals surface area (Å²) in [5.74, 6) is -1.83. The Bertz CT molecular complexity index is 1750. The van der Waals surface area contributed by atoms with Crippen LogP contribution in [0.2, 0.25) is 0 Å². The molecule has 15 heteroatoms. The second-order valence-electron chi connectivity index (χ2n) is 14.2. The summed E-state index contributed by atoms with van der Waals surface area (Å²) in [4.78, 5) is 56.8. The maximum absolute atomic E-state index is 14.4. The summed E-state index contributed by atoms with van der Waals surface area (Å²) >= 11 is 0. The summed E-state index contributed by atoms with van der Waals surface area (Å²) in [5.41, 5.74) is 0.345. The largest absolute Gasteiger partial charge is 0.497 e. The average molecular weight is 689 g/mol. The number of fused-ring (bicyclic) bond motifs is 2. The smallest absolute Gasteiger partial charge is 0.408 e. The van der Waals surface area contributed by atoms with Crippen molar-refractivity contribution < 1.29 is 33.8 Å². The number of carboxylic acids is 1. The van der Waals surface area contributed by atoms with Crippen LogP contribution in [0.4, 0.5) is 4.79 Å². The van der Waals surface area contributed by atoms with Crippen LogP contribution in [0.25, 0.3) is 22.5 Å². The highest BCUT2D eigenvalue weighted by atomic mass is 16.6. The molecular formula is C35H44N8O7. The fourth-order valence-electron chi connectivity index (χ4n) is 6.70. The molecule has 6 rings (SSSR count). The summed E-state index contributed by atoms with van der Waals surface area (Å²) in [6.45, 7) is 5.27. The van der Waals surface area contributed by atoms with E-state index in [1.165, 1.54) is 9.70 Å². The summed E-state index contributed by atoms with van der Waals surface area (Å²) in [6.07, 6.45) is 10.2. The van der Waals surface area contributed by atoms with E-state index in [1.807, 2.05) is 36.4 Å². The van der Waals surface area contributed by atoms with Crippen molar-refractivity contribution in [3.63, 3.8) is 0 Å². The number of methoxy groups -OCH3 is 1. The van der Waals surface area contributed by atoms with Gasteiger partial charge in [0, 0.05) is 36.2 Å². The Labute approximate surface area is 289 Å². The zero-order valence-corrected chi connectivity index (χ0v) is 28.7. The van der Waals surface area contributed by atoms with Gasteiger partial charge in [-0.15, -0.1) is 0 Å². The van der Waals surface area contributed by atoms with Crippen LogP contribution in [0.3, 0.4) is 0 Å². The number of hydrogen-bond donors (Lipinski definition) is 4. The standard InChI is InChI=1S/C35H44N8O7/c1-34(2,3)50-33(48)38-26-11-9-7-5-6-8-10-23-17-35(23,32(46)47)39-30(44)27-16-24(20-42(27)31(26)45)43-40-28(21-12-14-25(49-4)15-13-21)29(41-43)22-18-36-37-19-22/h8,10,12-15,18-19,23-24,26-27H,5-7,9,11,16-17,20H2,1-4H3,(H,36,37)(H,38,48)(H,39,44)(H,46,47)/t23-,24+,26-,27+,35+/m1/s1. The lowest BCUT2D eigenvalue weighted by molar-refractivity contribution is -0.145. The first-order chi connectivity index (χ1) is 23.9. The molecule has 0 spiro atoms. The maximum Gasteiger partial charge on any atom is 0.408 e. The van der Waals surface area contributed by atoms with Gasteiger partial charge >= 0.3 is 12.1 Å². The predicted molar refractivity (Wildman–Crippen MR) is 181 cm³/mol. The van der Waals surface area contributed by atoms with E-state index in [1.54, 1.807) is 40.3 Å². The highest BCUT2D eigenvalue weighted by Crippen LogP contribution is 2.45. The van der Waals surface area contributed by atoms with Gasteiger partial charge in [-0.1, -0.05) is 25.0 Å². The Morgan fingerprint density at radius 2 is 1.80 bits per heavy atom. The van der Waals surface area contributed by atoms with E-state index >= 15 is 0 Å². The molecule has 3 aliphatic rings. The van der Waals surface area contributed by atoms with Crippen molar-refractivity contribution in [2.45, 2.75) is 95.0 Å². The summed E-state index contributed by atoms with van der Waals surface area (Å²) in [5, 5.41) is 32.3. The Kier molecular flexibility index (Phi) is 9.67. The van der Waals surface area contributed by atoms with Crippen molar-refractivity contribution in [2.24, 2.45) is 5.92 Å². The highest BCUT2D eigenvalue weighted by molar-refractivity contribution is 5.96. The first-order valence-electron chi connectivity index (χ1n) is 17.0. The lowest BCUT2D eigenvalue weighted by Crippen LogP contribution is -2.56. The van der Waals surface area contributed by atoms with Gasteiger partial charge in [-0.2, -0.15) is 20.1 Å². The molecule has 2 aromatic heterocycles. The van der Waals surface area contributed by atoms with E-state index in [-0.39, 0.29) is 25.3 Å². The van der Waals surface area contributed by atoms with Gasteiger partial charge in [0.05, 0.1) is 19.3 Å². The van der Waals surface area contributed by atoms with Crippen LogP contribution in [0.15, 0.2) is 48.8 Å². The summed E-state index contributed by atoms with van der Waals surface area (Å²) in [6, 6.07) is 4.80. The van der Waals surface area contributed by atoms with E-state index < -0.39 is 53.1 Å². The molecule has 1 aromatic carbocycles. The quantitative estimate of drug-likeness (QED) is 0.276. The third-order valence-electron chi connectivity index (χ3n) is 9.42. The number of allylic oxidation sites excluding steroid dienone is 1. The molecule has 0 unspecified atom stereocenters. The van der Waals surface area contributed by atoms with Gasteiger partial charge in [0.15, 0.2) is 0 Å². The molecule has 3 amide bonds. The van der Waals surface area contributed by atoms with Crippen LogP contribution >= 0.6 is 0 Å². The fraction of sp³-hybridized carbons (Fsp3) is 0.514. The lowest BCUT2D eigenvalue weighted by Gasteiger charge is -2.30. The molecule has 3 aromatic rings. The van der Waals surface area contributed by atoms with Crippen LogP contribution in [-0.4, -0.2) is 96.0 Å². The molecule has 2 aliphatic heterocycles. The van der Waals surface area contributed by atoms with Gasteiger partial charge in [-0.25, -0.2) is 9.59 Å². The Balaban J connectivity index is 1.35. The molecule has 266 valence electrons. The predicted octanol–water partition coefficient (Wildman–Crippen LogP) is 3.86. The number of nitrogens with one attached hydrogen (secondary N) is 3. The van der Waals surface area contributed by atoms with Crippen LogP contribution < -0.4 is 15.4 Å². The molecular weight excluding hydrogens is 644 g/mol. The van der Waals surface area contributed by atoms with Crippen LogP contribution in [0, 0.1) is 5.92 Å². The van der Waals surface area contributed by atoms with Crippen LogP contribution in [-0.2, 0) is 19.1 Å². The monoisotopic (exact) mass is 688 g/mol. The molecule has 1 saturated heterocycles. The number of H-pyrrole nitrogens is 1. The number of rotatable bonds is 6. The van der Waals surface area contributed by atoms with E-state index in [9.17, 15) is 24.3 Å². The molecule has 1 aliphatic carbocycles. The molecule has 50 heavy (non-hydrogen) atoms. The Hall–Kier alpha value is -5.21. The number of aromatic amines is 1. The van der Waals surface area contributed by atoms with Crippen LogP contribution in [0.1, 0.15) is 71.8 Å². The van der Waals surface area contributed by atoms with E-state index in [4.69, 9.17) is 19.7 Å². The van der Waals surface area contributed by atoms with Gasteiger partial charge in [0.2, 0.25) is 11.8 Å². The molecule has 0 radical (unpaired) electrons. The molecule has 2 fully saturated rings. The van der Waals surface area contributed by atoms with Crippen molar-refractivity contribution in [2.75, 3.05) is 13.7 Å². The maximum atomic E-state index is 14.4. The number of nitrogens with zero attached hydrogens (tertiary/aromatic N) is 5. The van der Waals surface area contributed by atoms with Gasteiger partial charge in [-0.05, 0) is 70.7 Å². The van der Waals surface area contributed by atoms with Crippen molar-refractivity contribution >= 4 is 23.9 Å². The van der Waals surface area contributed by atoms with Crippen molar-refractivity contribution in [1.29, 1.82) is 0 Å². The minimum atomic E-state index is -1.45. The van der Waals surface area contributed by atoms with E-state index in [0.29, 0.717) is 35.5 Å². The zero-order chi connectivity index (χ0) is 35.6. The second kappa shape index (κ2) is 14.0. The lowest BCUT2D eigenvalue weighted by atomic mass is 10.0. The molecule has 1 saturated carbocycles. The molecule has 4 heterocycles. The van der Waals surface area contributed by atoms with Gasteiger partial charge in [-0.3, -0.25) is 14.7 Å². The summed E-state index contributed by atoms with van der Waals surface area (Å²) < 4.78 is 10.8. The van der Waals surface area contributed by atoms with Gasteiger partial charge in [0.25, 0.3) is 0 Å². The third-order valence-corrected chi connectivity index (χ3v) is 9.42. The average Bonchev–Trinajstić information content (AvgIpc) is 3.52.